The highest BCUT2D eigenvalue weighted by Crippen LogP contribution is 2.33. The van der Waals surface area contributed by atoms with Gasteiger partial charge in [0.25, 0.3) is 5.91 Å². The summed E-state index contributed by atoms with van der Waals surface area (Å²) in [5.41, 5.74) is 1.74. The molecular formula is C21H24N2O5. The van der Waals surface area contributed by atoms with Crippen LogP contribution < -0.4 is 18.9 Å². The summed E-state index contributed by atoms with van der Waals surface area (Å²) in [6.07, 6.45) is 0. The number of benzene rings is 2. The summed E-state index contributed by atoms with van der Waals surface area (Å²) >= 11 is 0. The number of nitrogens with zero attached hydrogens (tertiary/aromatic N) is 2. The van der Waals surface area contributed by atoms with E-state index in [0.29, 0.717) is 30.2 Å². The molecule has 0 saturated carbocycles. The fourth-order valence-corrected chi connectivity index (χ4v) is 3.55. The molecule has 0 atom stereocenters. The molecule has 0 spiro atoms. The van der Waals surface area contributed by atoms with Crippen LogP contribution in [-0.2, 0) is 6.54 Å². The lowest BCUT2D eigenvalue weighted by Gasteiger charge is -2.35. The van der Waals surface area contributed by atoms with Gasteiger partial charge in [-0.05, 0) is 29.8 Å². The van der Waals surface area contributed by atoms with Crippen molar-refractivity contribution in [3.8, 4) is 23.0 Å². The van der Waals surface area contributed by atoms with E-state index < -0.39 is 0 Å². The molecule has 2 heterocycles. The molecule has 1 fully saturated rings. The number of carbonyl (C=O) groups excluding carboxylic acids is 1. The van der Waals surface area contributed by atoms with E-state index >= 15 is 0 Å². The molecule has 0 bridgehead atoms. The number of carbonyl (C=O) groups is 1. The largest absolute Gasteiger partial charge is 0.497 e. The Hall–Kier alpha value is -2.93. The zero-order chi connectivity index (χ0) is 19.5. The summed E-state index contributed by atoms with van der Waals surface area (Å²) in [6, 6.07) is 11.3. The lowest BCUT2D eigenvalue weighted by atomic mass is 10.1. The fraction of sp³-hybridized carbons (Fsp3) is 0.381. The van der Waals surface area contributed by atoms with Crippen molar-refractivity contribution in [1.82, 2.24) is 9.80 Å². The third-order valence-corrected chi connectivity index (χ3v) is 5.14. The van der Waals surface area contributed by atoms with Crippen molar-refractivity contribution >= 4 is 5.91 Å². The highest BCUT2D eigenvalue weighted by molar-refractivity contribution is 5.97. The summed E-state index contributed by atoms with van der Waals surface area (Å²) < 4.78 is 21.4. The fourth-order valence-electron chi connectivity index (χ4n) is 3.55. The Morgan fingerprint density at radius 2 is 1.75 bits per heavy atom. The van der Waals surface area contributed by atoms with Crippen molar-refractivity contribution in [2.24, 2.45) is 0 Å². The number of piperazine rings is 1. The van der Waals surface area contributed by atoms with Gasteiger partial charge in [0.2, 0.25) is 6.79 Å². The minimum atomic E-state index is -0.0118. The zero-order valence-electron chi connectivity index (χ0n) is 16.1. The monoisotopic (exact) mass is 384 g/mol. The average molecular weight is 384 g/mol. The normalized spacial score (nSPS) is 16.1. The molecule has 2 aromatic carbocycles. The van der Waals surface area contributed by atoms with Gasteiger partial charge in [0, 0.05) is 38.8 Å². The van der Waals surface area contributed by atoms with E-state index in [0.717, 1.165) is 31.1 Å². The quantitative estimate of drug-likeness (QED) is 0.789. The van der Waals surface area contributed by atoms with E-state index in [1.807, 2.05) is 17.0 Å². The van der Waals surface area contributed by atoms with Crippen LogP contribution in [0.3, 0.4) is 0 Å². The number of ether oxygens (including phenoxy) is 4. The molecule has 0 unspecified atom stereocenters. The number of fused-ring (bicyclic) bond motifs is 1. The van der Waals surface area contributed by atoms with Crippen LogP contribution in [0.4, 0.5) is 0 Å². The zero-order valence-corrected chi connectivity index (χ0v) is 16.1. The molecule has 0 N–H and O–H groups in total. The van der Waals surface area contributed by atoms with Gasteiger partial charge in [-0.25, -0.2) is 0 Å². The maximum absolute atomic E-state index is 12.9. The van der Waals surface area contributed by atoms with Gasteiger partial charge in [0.1, 0.15) is 11.5 Å². The summed E-state index contributed by atoms with van der Waals surface area (Å²) in [6.45, 7) is 4.10. The molecule has 7 heteroatoms. The van der Waals surface area contributed by atoms with Gasteiger partial charge in [0.15, 0.2) is 11.5 Å². The SMILES string of the molecule is COc1ccc(C(=O)N2CCN(Cc3ccc4c(c3)OCO4)CC2)c(OC)c1. The van der Waals surface area contributed by atoms with E-state index in [1.54, 1.807) is 32.4 Å². The number of methoxy groups -OCH3 is 2. The van der Waals surface area contributed by atoms with Gasteiger partial charge in [-0.15, -0.1) is 0 Å². The summed E-state index contributed by atoms with van der Waals surface area (Å²) in [7, 11) is 3.16. The average Bonchev–Trinajstić information content (AvgIpc) is 3.21. The van der Waals surface area contributed by atoms with Gasteiger partial charge in [-0.1, -0.05) is 6.07 Å². The Labute approximate surface area is 164 Å². The molecule has 2 aromatic rings. The summed E-state index contributed by atoms with van der Waals surface area (Å²) in [4.78, 5) is 17.1. The molecule has 1 amide bonds. The van der Waals surface area contributed by atoms with Crippen LogP contribution in [0.1, 0.15) is 15.9 Å². The van der Waals surface area contributed by atoms with Crippen LogP contribution in [-0.4, -0.2) is 62.9 Å². The third kappa shape index (κ3) is 3.71. The predicted molar refractivity (Wildman–Crippen MR) is 103 cm³/mol. The van der Waals surface area contributed by atoms with Crippen LogP contribution >= 0.6 is 0 Å². The van der Waals surface area contributed by atoms with Gasteiger partial charge in [0.05, 0.1) is 19.8 Å². The first-order valence-electron chi connectivity index (χ1n) is 9.30. The van der Waals surface area contributed by atoms with Crippen LogP contribution in [0, 0.1) is 0 Å². The van der Waals surface area contributed by atoms with Crippen LogP contribution in [0.5, 0.6) is 23.0 Å². The molecule has 4 rings (SSSR count). The number of amides is 1. The molecule has 0 radical (unpaired) electrons. The smallest absolute Gasteiger partial charge is 0.257 e. The van der Waals surface area contributed by atoms with Crippen molar-refractivity contribution in [3.63, 3.8) is 0 Å². The van der Waals surface area contributed by atoms with Gasteiger partial charge >= 0.3 is 0 Å². The maximum Gasteiger partial charge on any atom is 0.257 e. The maximum atomic E-state index is 12.9. The first kappa shape index (κ1) is 18.4. The molecule has 2 aliphatic heterocycles. The van der Waals surface area contributed by atoms with Gasteiger partial charge in [-0.3, -0.25) is 9.69 Å². The lowest BCUT2D eigenvalue weighted by molar-refractivity contribution is 0.0625. The Kier molecular flexibility index (Phi) is 5.25. The second-order valence-corrected chi connectivity index (χ2v) is 6.82. The Morgan fingerprint density at radius 3 is 2.50 bits per heavy atom. The molecule has 1 saturated heterocycles. The second-order valence-electron chi connectivity index (χ2n) is 6.82. The molecule has 28 heavy (non-hydrogen) atoms. The van der Waals surface area contributed by atoms with Crippen LogP contribution in [0.2, 0.25) is 0 Å². The Bertz CT molecular complexity index is 862. The second kappa shape index (κ2) is 7.98. The Morgan fingerprint density at radius 1 is 0.964 bits per heavy atom. The number of hydrogen-bond donors (Lipinski definition) is 0. The third-order valence-electron chi connectivity index (χ3n) is 5.14. The highest BCUT2D eigenvalue weighted by Gasteiger charge is 2.25. The van der Waals surface area contributed by atoms with Crippen molar-refractivity contribution in [3.05, 3.63) is 47.5 Å². The Balaban J connectivity index is 1.37. The van der Waals surface area contributed by atoms with Crippen molar-refractivity contribution in [2.75, 3.05) is 47.2 Å². The molecule has 148 valence electrons. The topological polar surface area (TPSA) is 60.5 Å². The first-order valence-corrected chi connectivity index (χ1v) is 9.30. The number of rotatable bonds is 5. The van der Waals surface area contributed by atoms with Gasteiger partial charge in [-0.2, -0.15) is 0 Å². The van der Waals surface area contributed by atoms with Crippen LogP contribution in [0.15, 0.2) is 36.4 Å². The molecular weight excluding hydrogens is 360 g/mol. The summed E-state index contributed by atoms with van der Waals surface area (Å²) in [5.74, 6) is 2.79. The van der Waals surface area contributed by atoms with Crippen molar-refractivity contribution < 1.29 is 23.7 Å². The molecule has 0 aromatic heterocycles. The van der Waals surface area contributed by atoms with E-state index in [2.05, 4.69) is 11.0 Å². The van der Waals surface area contributed by atoms with E-state index in [-0.39, 0.29) is 12.7 Å². The van der Waals surface area contributed by atoms with Crippen LogP contribution in [0.25, 0.3) is 0 Å². The van der Waals surface area contributed by atoms with E-state index in [4.69, 9.17) is 18.9 Å². The minimum absolute atomic E-state index is 0.0118. The van der Waals surface area contributed by atoms with Crippen molar-refractivity contribution in [2.45, 2.75) is 6.54 Å². The van der Waals surface area contributed by atoms with Crippen molar-refractivity contribution in [1.29, 1.82) is 0 Å². The molecule has 2 aliphatic rings. The predicted octanol–water partition coefficient (Wildman–Crippen LogP) is 2.39. The lowest BCUT2D eigenvalue weighted by Crippen LogP contribution is -2.48. The van der Waals surface area contributed by atoms with Gasteiger partial charge < -0.3 is 23.8 Å². The summed E-state index contributed by atoms with van der Waals surface area (Å²) in [5, 5.41) is 0. The molecule has 7 nitrogen and oxygen atoms in total. The highest BCUT2D eigenvalue weighted by atomic mass is 16.7. The standard InChI is InChI=1S/C21H24N2O5/c1-25-16-4-5-17(19(12-16)26-2)21(24)23-9-7-22(8-10-23)13-15-3-6-18-20(11-15)28-14-27-18/h3-6,11-12H,7-10,13-14H2,1-2H3. The van der Waals surface area contributed by atoms with E-state index in [1.165, 1.54) is 5.56 Å². The first-order chi connectivity index (χ1) is 13.7. The minimum Gasteiger partial charge on any atom is -0.497 e. The van der Waals surface area contributed by atoms with E-state index in [9.17, 15) is 4.79 Å². The number of hydrogen-bond acceptors (Lipinski definition) is 6. The molecule has 0 aliphatic carbocycles.